The van der Waals surface area contributed by atoms with Crippen molar-refractivity contribution in [3.05, 3.63) is 0 Å². The van der Waals surface area contributed by atoms with Crippen molar-refractivity contribution in [2.45, 2.75) is 32.1 Å². The predicted molar refractivity (Wildman–Crippen MR) is 66.4 cm³/mol. The van der Waals surface area contributed by atoms with Gasteiger partial charge in [0.2, 0.25) is 0 Å². The molecule has 100 valence electrons. The van der Waals surface area contributed by atoms with E-state index in [9.17, 15) is 9.59 Å². The molecule has 0 bridgehead atoms. The van der Waals surface area contributed by atoms with Gasteiger partial charge in [0.1, 0.15) is 11.8 Å². The highest BCUT2D eigenvalue weighted by Gasteiger charge is 2.00. The number of hydrogen-bond acceptors (Lipinski definition) is 4. The summed E-state index contributed by atoms with van der Waals surface area (Å²) >= 11 is 10.5. The van der Waals surface area contributed by atoms with Crippen LogP contribution in [0.5, 0.6) is 0 Å². The zero-order valence-electron chi connectivity index (χ0n) is 9.75. The fraction of sp³-hybridized carbons (Fsp3) is 0.818. The van der Waals surface area contributed by atoms with Gasteiger partial charge in [0.25, 0.3) is 0 Å². The summed E-state index contributed by atoms with van der Waals surface area (Å²) in [6, 6.07) is 0. The van der Waals surface area contributed by atoms with Crippen molar-refractivity contribution in [2.24, 2.45) is 0 Å². The van der Waals surface area contributed by atoms with Crippen LogP contribution < -0.4 is 0 Å². The van der Waals surface area contributed by atoms with Gasteiger partial charge in [-0.05, 0) is 12.8 Å². The van der Waals surface area contributed by atoms with E-state index in [2.05, 4.69) is 0 Å². The Bertz CT molecular complexity index is 200. The number of ether oxygens (including phenoxy) is 2. The maximum atomic E-state index is 10.7. The molecule has 17 heavy (non-hydrogen) atoms. The molecule has 0 aromatic rings. The maximum Gasteiger partial charge on any atom is 0.320 e. The van der Waals surface area contributed by atoms with Crippen molar-refractivity contribution in [3.63, 3.8) is 0 Å². The lowest BCUT2D eigenvalue weighted by Crippen LogP contribution is -2.07. The first-order valence-electron chi connectivity index (χ1n) is 5.64. The molecule has 0 aliphatic rings. The molecule has 0 saturated heterocycles. The smallest absolute Gasteiger partial charge is 0.320 e. The Morgan fingerprint density at radius 3 is 1.41 bits per heavy atom. The van der Waals surface area contributed by atoms with Gasteiger partial charge in [-0.2, -0.15) is 0 Å². The van der Waals surface area contributed by atoms with E-state index in [0.29, 0.717) is 13.2 Å². The Hall–Kier alpha value is -0.480. The molecule has 0 saturated carbocycles. The van der Waals surface area contributed by atoms with Crippen molar-refractivity contribution in [2.75, 3.05) is 25.0 Å². The van der Waals surface area contributed by atoms with Crippen LogP contribution in [0.25, 0.3) is 0 Å². The largest absolute Gasteiger partial charge is 0.465 e. The average molecular weight is 285 g/mol. The topological polar surface area (TPSA) is 52.6 Å². The van der Waals surface area contributed by atoms with Crippen molar-refractivity contribution in [1.29, 1.82) is 0 Å². The first-order chi connectivity index (χ1) is 8.20. The van der Waals surface area contributed by atoms with Crippen LogP contribution in [0.1, 0.15) is 32.1 Å². The van der Waals surface area contributed by atoms with Crippen LogP contribution >= 0.6 is 23.2 Å². The lowest BCUT2D eigenvalue weighted by molar-refractivity contribution is -0.141. The summed E-state index contributed by atoms with van der Waals surface area (Å²) < 4.78 is 9.62. The molecule has 6 heteroatoms. The molecule has 0 unspecified atom stereocenters. The van der Waals surface area contributed by atoms with E-state index in [4.69, 9.17) is 32.7 Å². The summed E-state index contributed by atoms with van der Waals surface area (Å²) in [6.07, 6.45) is 4.67. The van der Waals surface area contributed by atoms with E-state index in [0.717, 1.165) is 32.1 Å². The molecule has 0 aliphatic carbocycles. The number of alkyl halides is 2. The minimum Gasteiger partial charge on any atom is -0.465 e. The van der Waals surface area contributed by atoms with E-state index in [1.54, 1.807) is 0 Å². The van der Waals surface area contributed by atoms with Crippen LogP contribution in [0.4, 0.5) is 0 Å². The van der Waals surface area contributed by atoms with Crippen LogP contribution in [0.2, 0.25) is 0 Å². The van der Waals surface area contributed by atoms with Crippen molar-refractivity contribution in [1.82, 2.24) is 0 Å². The Morgan fingerprint density at radius 1 is 0.706 bits per heavy atom. The Labute approximate surface area is 112 Å². The SMILES string of the molecule is O=C(CCl)OCCCCCCCOC(=O)CCl. The van der Waals surface area contributed by atoms with E-state index in [1.165, 1.54) is 0 Å². The lowest BCUT2D eigenvalue weighted by atomic mass is 10.1. The number of rotatable bonds is 10. The third kappa shape index (κ3) is 11.8. The molecular formula is C11H18Cl2O4. The van der Waals surface area contributed by atoms with Gasteiger partial charge in [0.15, 0.2) is 0 Å². The second-order valence-corrected chi connectivity index (χ2v) is 4.01. The second-order valence-electron chi connectivity index (χ2n) is 3.48. The van der Waals surface area contributed by atoms with Gasteiger partial charge >= 0.3 is 11.9 Å². The third-order valence-electron chi connectivity index (χ3n) is 2.03. The monoisotopic (exact) mass is 284 g/mol. The number of carbonyl (C=O) groups is 2. The number of carbonyl (C=O) groups excluding carboxylic acids is 2. The minimum atomic E-state index is -0.375. The second kappa shape index (κ2) is 12.0. The molecule has 0 fully saturated rings. The quantitative estimate of drug-likeness (QED) is 0.351. The number of unbranched alkanes of at least 4 members (excludes halogenated alkanes) is 4. The number of hydrogen-bond donors (Lipinski definition) is 0. The minimum absolute atomic E-state index is 0.0913. The first-order valence-corrected chi connectivity index (χ1v) is 6.70. The summed E-state index contributed by atoms with van der Waals surface area (Å²) in [6.45, 7) is 0.847. The molecule has 0 rings (SSSR count). The molecule has 0 spiro atoms. The molecule has 0 atom stereocenters. The summed E-state index contributed by atoms with van der Waals surface area (Å²) in [5, 5.41) is 0. The zero-order valence-corrected chi connectivity index (χ0v) is 11.3. The van der Waals surface area contributed by atoms with Crippen molar-refractivity contribution >= 4 is 35.1 Å². The first kappa shape index (κ1) is 16.5. The van der Waals surface area contributed by atoms with Gasteiger partial charge in [-0.3, -0.25) is 9.59 Å². The Morgan fingerprint density at radius 2 is 1.06 bits per heavy atom. The number of esters is 2. The Kier molecular flexibility index (Phi) is 11.7. The van der Waals surface area contributed by atoms with Gasteiger partial charge in [0, 0.05) is 0 Å². The Balaban J connectivity index is 3.08. The van der Waals surface area contributed by atoms with Gasteiger partial charge in [-0.1, -0.05) is 19.3 Å². The molecule has 0 radical (unpaired) electrons. The summed E-state index contributed by atoms with van der Waals surface area (Å²) in [5.74, 6) is -0.933. The zero-order chi connectivity index (χ0) is 12.9. The highest BCUT2D eigenvalue weighted by molar-refractivity contribution is 6.26. The van der Waals surface area contributed by atoms with E-state index >= 15 is 0 Å². The standard InChI is InChI=1S/C11H18Cl2O4/c12-8-10(14)16-6-4-2-1-3-5-7-17-11(15)9-13/h1-9H2. The predicted octanol–water partition coefficient (Wildman–Crippen LogP) is 2.50. The molecule has 0 amide bonds. The summed E-state index contributed by atoms with van der Waals surface area (Å²) in [4.78, 5) is 21.3. The van der Waals surface area contributed by atoms with Gasteiger partial charge in [0.05, 0.1) is 13.2 Å². The van der Waals surface area contributed by atoms with Crippen LogP contribution in [-0.2, 0) is 19.1 Å². The van der Waals surface area contributed by atoms with Gasteiger partial charge < -0.3 is 9.47 Å². The van der Waals surface area contributed by atoms with E-state index < -0.39 is 0 Å². The molecular weight excluding hydrogens is 267 g/mol. The van der Waals surface area contributed by atoms with E-state index in [1.807, 2.05) is 0 Å². The van der Waals surface area contributed by atoms with Crippen LogP contribution in [0.3, 0.4) is 0 Å². The lowest BCUT2D eigenvalue weighted by Gasteiger charge is -2.04. The molecule has 0 N–H and O–H groups in total. The van der Waals surface area contributed by atoms with Crippen LogP contribution in [0.15, 0.2) is 0 Å². The highest BCUT2D eigenvalue weighted by atomic mass is 35.5. The van der Waals surface area contributed by atoms with Crippen LogP contribution in [-0.4, -0.2) is 36.9 Å². The summed E-state index contributed by atoms with van der Waals surface area (Å²) in [7, 11) is 0. The third-order valence-corrected chi connectivity index (χ3v) is 2.47. The molecule has 0 heterocycles. The van der Waals surface area contributed by atoms with Crippen LogP contribution in [0, 0.1) is 0 Å². The number of halogens is 2. The molecule has 4 nitrogen and oxygen atoms in total. The van der Waals surface area contributed by atoms with E-state index in [-0.39, 0.29) is 23.7 Å². The van der Waals surface area contributed by atoms with Crippen molar-refractivity contribution < 1.29 is 19.1 Å². The maximum absolute atomic E-state index is 10.7. The fourth-order valence-corrected chi connectivity index (χ4v) is 1.34. The van der Waals surface area contributed by atoms with Gasteiger partial charge in [-0.15, -0.1) is 23.2 Å². The fourth-order valence-electron chi connectivity index (χ4n) is 1.18. The molecule has 0 aliphatic heterocycles. The molecule has 0 aromatic carbocycles. The van der Waals surface area contributed by atoms with Gasteiger partial charge in [-0.25, -0.2) is 0 Å². The highest BCUT2D eigenvalue weighted by Crippen LogP contribution is 2.04. The summed E-state index contributed by atoms with van der Waals surface area (Å²) in [5.41, 5.74) is 0. The average Bonchev–Trinajstić information content (AvgIpc) is 2.35. The molecule has 0 aromatic heterocycles. The normalized spacial score (nSPS) is 10.0. The van der Waals surface area contributed by atoms with Crippen molar-refractivity contribution in [3.8, 4) is 0 Å².